The molecule has 10 nitrogen and oxygen atoms in total. The van der Waals surface area contributed by atoms with Gasteiger partial charge in [0, 0.05) is 24.5 Å². The fraction of sp³-hybridized carbons (Fsp3) is 0.654. The second-order valence-corrected chi connectivity index (χ2v) is 9.56. The molecule has 2 N–H and O–H groups in total. The van der Waals surface area contributed by atoms with Gasteiger partial charge in [0.2, 0.25) is 0 Å². The van der Waals surface area contributed by atoms with Gasteiger partial charge >= 0.3 is 57.4 Å². The van der Waals surface area contributed by atoms with E-state index in [0.717, 1.165) is 25.7 Å². The number of carboxylic acids is 2. The molecule has 1 aliphatic heterocycles. The Bertz CT molecular complexity index is 871. The average molecular weight is 582 g/mol. The average Bonchev–Trinajstić information content (AvgIpc) is 3.27. The van der Waals surface area contributed by atoms with E-state index in [2.05, 4.69) is 11.9 Å². The molecule has 1 aliphatic rings. The van der Waals surface area contributed by atoms with Gasteiger partial charge in [-0.3, -0.25) is 9.79 Å². The molecule has 2 rings (SSSR count). The van der Waals surface area contributed by atoms with Crippen LogP contribution in [0.3, 0.4) is 0 Å². The zero-order valence-corrected chi connectivity index (χ0v) is 27.1. The van der Waals surface area contributed by atoms with Crippen LogP contribution in [0.15, 0.2) is 23.2 Å². The van der Waals surface area contributed by atoms with Gasteiger partial charge < -0.3 is 39.1 Å². The summed E-state index contributed by atoms with van der Waals surface area (Å²) in [6.45, 7) is 8.27. The summed E-state index contributed by atoms with van der Waals surface area (Å²) in [5.41, 5.74) is -0.798. The van der Waals surface area contributed by atoms with Gasteiger partial charge in [0.15, 0.2) is 0 Å². The van der Waals surface area contributed by atoms with Crippen LogP contribution in [0.1, 0.15) is 52.0 Å². The molecule has 2 atom stereocenters. The molecule has 0 spiro atoms. The molecule has 210 valence electrons. The number of unbranched alkanes of at least 4 members (excludes halogenated alkanes) is 1. The van der Waals surface area contributed by atoms with Gasteiger partial charge in [0.25, 0.3) is 0 Å². The molecule has 1 heterocycles. The molecule has 0 bridgehead atoms. The summed E-state index contributed by atoms with van der Waals surface area (Å²) in [4.78, 5) is 25.8. The molecular formula is C26H40KNO9S. The number of nitrogens with zero attached hydrogens (tertiary/aromatic N) is 1. The van der Waals surface area contributed by atoms with Crippen molar-refractivity contribution < 1.29 is 95.2 Å². The number of phenols is 1. The Hall–Kier alpha value is -0.704. The molecule has 1 aromatic rings. The topological polar surface area (TPSA) is 147 Å². The minimum Gasteiger partial charge on any atom is -0.547 e. The molecule has 12 heteroatoms. The molecule has 0 saturated heterocycles. The minimum absolute atomic E-state index is 0. The molecule has 1 aromatic carbocycles. The van der Waals surface area contributed by atoms with Gasteiger partial charge in [-0.2, -0.15) is 0 Å². The van der Waals surface area contributed by atoms with Crippen LogP contribution in [0.25, 0.3) is 0 Å². The fourth-order valence-electron chi connectivity index (χ4n) is 3.16. The van der Waals surface area contributed by atoms with E-state index in [9.17, 15) is 19.8 Å². The van der Waals surface area contributed by atoms with Gasteiger partial charge in [0.1, 0.15) is 28.7 Å². The Kier molecular flexibility index (Phi) is 20.7. The number of hydrogen-bond donors (Lipinski definition) is 2. The van der Waals surface area contributed by atoms with Crippen LogP contribution in [-0.2, 0) is 23.8 Å². The van der Waals surface area contributed by atoms with Crippen LogP contribution in [0.4, 0.5) is 0 Å². The van der Waals surface area contributed by atoms with E-state index in [0.29, 0.717) is 56.0 Å². The predicted octanol–water partition coefficient (Wildman–Crippen LogP) is -0.256. The fourth-order valence-corrected chi connectivity index (χ4v) is 4.35. The maximum absolute atomic E-state index is 11.2. The quantitative estimate of drug-likeness (QED) is 0.186. The first-order valence-corrected chi connectivity index (χ1v) is 13.4. The number of benzene rings is 1. The number of rotatable bonds is 17. The number of aliphatic carboxylic acids is 2. The van der Waals surface area contributed by atoms with Crippen LogP contribution in [0.5, 0.6) is 11.5 Å². The van der Waals surface area contributed by atoms with Gasteiger partial charge in [-0.15, -0.1) is 11.8 Å². The third kappa shape index (κ3) is 14.1. The summed E-state index contributed by atoms with van der Waals surface area (Å²) in [6, 6.07) is 4.82. The molecule has 0 amide bonds. The normalized spacial score (nSPS) is 17.0. The Labute approximate surface area is 272 Å². The number of carboxylic acid groups (broad SMARTS) is 2. The number of carbonyl (C=O) groups is 2. The van der Waals surface area contributed by atoms with E-state index in [-0.39, 0.29) is 68.8 Å². The van der Waals surface area contributed by atoms with Crippen LogP contribution in [0, 0.1) is 5.92 Å². The maximum atomic E-state index is 11.2. The SMILES string of the molecule is CCCCC(CC)C(=O)O.COCCOCCOCCOc1ccc(C2=N[C@@](C)(C(=O)[O-])CS2)c(O)c1.[K+]. The summed E-state index contributed by atoms with van der Waals surface area (Å²) in [7, 11) is 1.62. The number of carbonyl (C=O) groups excluding carboxylic acids is 1. The first-order chi connectivity index (χ1) is 17.7. The first-order valence-electron chi connectivity index (χ1n) is 12.5. The summed E-state index contributed by atoms with van der Waals surface area (Å²) in [5, 5.41) is 30.4. The van der Waals surface area contributed by atoms with Gasteiger partial charge in [-0.05, 0) is 31.9 Å². The summed E-state index contributed by atoms with van der Waals surface area (Å²) >= 11 is 1.27. The van der Waals surface area contributed by atoms with Crippen LogP contribution < -0.4 is 61.2 Å². The summed E-state index contributed by atoms with van der Waals surface area (Å²) < 4.78 is 21.0. The maximum Gasteiger partial charge on any atom is 1.00 e. The number of aromatic hydroxyl groups is 1. The number of hydrogen-bond acceptors (Lipinski definition) is 10. The zero-order chi connectivity index (χ0) is 27.7. The van der Waals surface area contributed by atoms with E-state index in [1.807, 2.05) is 6.92 Å². The first kappa shape index (κ1) is 37.3. The van der Waals surface area contributed by atoms with E-state index in [4.69, 9.17) is 24.1 Å². The molecule has 0 radical (unpaired) electrons. The van der Waals surface area contributed by atoms with E-state index in [1.54, 1.807) is 19.2 Å². The Morgan fingerprint density at radius 3 is 2.26 bits per heavy atom. The zero-order valence-electron chi connectivity index (χ0n) is 23.2. The monoisotopic (exact) mass is 581 g/mol. The van der Waals surface area contributed by atoms with Gasteiger partial charge in [0.05, 0.1) is 44.9 Å². The van der Waals surface area contributed by atoms with Crippen molar-refractivity contribution in [3.63, 3.8) is 0 Å². The van der Waals surface area contributed by atoms with Crippen molar-refractivity contribution in [3.8, 4) is 11.5 Å². The Balaban J connectivity index is 0.00000106. The third-order valence-electron chi connectivity index (χ3n) is 5.53. The molecule has 0 aromatic heterocycles. The largest absolute Gasteiger partial charge is 1.00 e. The smallest absolute Gasteiger partial charge is 0.547 e. The van der Waals surface area contributed by atoms with Crippen molar-refractivity contribution in [1.29, 1.82) is 0 Å². The van der Waals surface area contributed by atoms with Crippen LogP contribution >= 0.6 is 11.8 Å². The van der Waals surface area contributed by atoms with Crippen molar-refractivity contribution in [1.82, 2.24) is 0 Å². The molecule has 0 fully saturated rings. The molecule has 38 heavy (non-hydrogen) atoms. The third-order valence-corrected chi connectivity index (χ3v) is 6.82. The Morgan fingerprint density at radius 1 is 1.13 bits per heavy atom. The summed E-state index contributed by atoms with van der Waals surface area (Å²) in [5.74, 6) is -1.24. The van der Waals surface area contributed by atoms with Crippen LogP contribution in [-0.4, -0.2) is 85.2 Å². The second-order valence-electron chi connectivity index (χ2n) is 8.60. The number of aliphatic imine (C=N–C) groups is 1. The van der Waals surface area contributed by atoms with Crippen molar-refractivity contribution in [3.05, 3.63) is 23.8 Å². The Morgan fingerprint density at radius 2 is 1.76 bits per heavy atom. The van der Waals surface area contributed by atoms with E-state index in [1.165, 1.54) is 24.8 Å². The number of thioether (sulfide) groups is 1. The predicted molar refractivity (Wildman–Crippen MR) is 140 cm³/mol. The standard InChI is InChI=1S/C18H25NO7S.C8H16O2.K/c1-18(17(21)22)12-27-16(19-18)14-4-3-13(11-15(14)20)26-10-9-25-8-7-24-6-5-23-2;1-3-5-6-7(4-2)8(9)10;/h3-4,11,20H,5-10,12H2,1-2H3,(H,21,22);7H,3-6H2,1-2H3,(H,9,10);/q;;+1/p-1/t18-;;/m1../s1. The van der Waals surface area contributed by atoms with Gasteiger partial charge in [-0.1, -0.05) is 26.7 Å². The number of methoxy groups -OCH3 is 1. The minimum atomic E-state index is -1.27. The van der Waals surface area contributed by atoms with E-state index >= 15 is 0 Å². The van der Waals surface area contributed by atoms with Gasteiger partial charge in [-0.25, -0.2) is 0 Å². The van der Waals surface area contributed by atoms with Crippen molar-refractivity contribution in [2.24, 2.45) is 10.9 Å². The van der Waals surface area contributed by atoms with Crippen molar-refractivity contribution >= 4 is 28.7 Å². The molecule has 1 unspecified atom stereocenters. The summed E-state index contributed by atoms with van der Waals surface area (Å²) in [6.07, 6.45) is 3.71. The van der Waals surface area contributed by atoms with Crippen LogP contribution in [0.2, 0.25) is 0 Å². The molecule has 0 aliphatic carbocycles. The number of ether oxygens (including phenoxy) is 4. The van der Waals surface area contributed by atoms with E-state index < -0.39 is 17.5 Å². The molecule has 0 saturated carbocycles. The second kappa shape index (κ2) is 21.1. The molecular weight excluding hydrogens is 541 g/mol. The van der Waals surface area contributed by atoms with Crippen molar-refractivity contribution in [2.75, 3.05) is 52.5 Å². The van der Waals surface area contributed by atoms with Crippen molar-refractivity contribution in [2.45, 2.75) is 52.0 Å². The number of phenolic OH excluding ortho intramolecular Hbond substituents is 1.